The van der Waals surface area contributed by atoms with Gasteiger partial charge in [0.05, 0.1) is 0 Å². The molecule has 0 saturated heterocycles. The normalized spacial score (nSPS) is 12.8. The maximum Gasteiger partial charge on any atom is 4.00 e. The molecule has 0 amide bonds. The van der Waals surface area contributed by atoms with E-state index in [0.717, 1.165) is 0 Å². The maximum atomic E-state index is 9.29. The molecule has 0 bridgehead atoms. The molecule has 0 fully saturated rings. The molecule has 0 aromatic rings. The molecule has 0 saturated carbocycles. The van der Waals surface area contributed by atoms with Gasteiger partial charge in [0.15, 0.2) is 0 Å². The largest absolute Gasteiger partial charge is 4.00 e. The minimum atomic E-state index is -5.43. The summed E-state index contributed by atoms with van der Waals surface area (Å²) in [6, 6.07) is 0. The van der Waals surface area contributed by atoms with Crippen molar-refractivity contribution >= 4 is 41.6 Å². The summed E-state index contributed by atoms with van der Waals surface area (Å²) in [5.74, 6) is 0. The molecule has 0 aliphatic rings. The van der Waals surface area contributed by atoms with Crippen LogP contribution in [0, 0.1) is 39.9 Å². The standard InChI is InChI=1S/2H2O7S2.Th/c2*1-8(2,3)7-9(4,5)6;/h2*(H,1,2,3)(H,4,5,6);/q;;+4/p-4. The summed E-state index contributed by atoms with van der Waals surface area (Å²) in [5.41, 5.74) is 0. The third-order valence-electron chi connectivity index (χ3n) is 0.333. The molecule has 19 heavy (non-hydrogen) atoms. The summed E-state index contributed by atoms with van der Waals surface area (Å²) in [6.07, 6.45) is 0. The van der Waals surface area contributed by atoms with Gasteiger partial charge in [0, 0.05) is 0 Å². The third-order valence-corrected chi connectivity index (χ3v) is 3.00. The second kappa shape index (κ2) is 8.36. The van der Waals surface area contributed by atoms with Gasteiger partial charge in [-0.2, -0.15) is 7.26 Å². The molecule has 0 radical (unpaired) electrons. The first-order valence-electron chi connectivity index (χ1n) is 2.67. The van der Waals surface area contributed by atoms with E-state index in [9.17, 15) is 51.9 Å². The fourth-order valence-corrected chi connectivity index (χ4v) is 1.84. The van der Waals surface area contributed by atoms with Gasteiger partial charge < -0.3 is 18.2 Å². The second-order valence-corrected chi connectivity index (χ2v) is 6.12. The molecule has 112 valence electrons. The summed E-state index contributed by atoms with van der Waals surface area (Å²) >= 11 is 0. The summed E-state index contributed by atoms with van der Waals surface area (Å²) in [7, 11) is -21.7. The van der Waals surface area contributed by atoms with Crippen molar-refractivity contribution < 1.29 is 99.1 Å². The molecule has 0 aliphatic carbocycles. The molecule has 0 aromatic carbocycles. The molecule has 0 heterocycles. The van der Waals surface area contributed by atoms with Crippen LogP contribution in [0.2, 0.25) is 0 Å². The fraction of sp³-hybridized carbons (Fsp3) is 0. The molecule has 0 unspecified atom stereocenters. The van der Waals surface area contributed by atoms with Crippen molar-refractivity contribution in [3.05, 3.63) is 0 Å². The van der Waals surface area contributed by atoms with Crippen molar-refractivity contribution in [3.63, 3.8) is 0 Å². The van der Waals surface area contributed by atoms with Crippen molar-refractivity contribution in [1.29, 1.82) is 0 Å². The van der Waals surface area contributed by atoms with Crippen LogP contribution >= 0.6 is 0 Å². The minimum absolute atomic E-state index is 0. The van der Waals surface area contributed by atoms with Crippen LogP contribution in [0.25, 0.3) is 0 Å². The Bertz CT molecular complexity index is 532. The second-order valence-electron chi connectivity index (χ2n) is 1.77. The molecule has 19 heteroatoms. The number of hydrogen-bond acceptors (Lipinski definition) is 14. The average molecular weight is 584 g/mol. The van der Waals surface area contributed by atoms with Gasteiger partial charge in [0.1, 0.15) is 0 Å². The van der Waals surface area contributed by atoms with E-state index in [1.165, 1.54) is 0 Å². The summed E-state index contributed by atoms with van der Waals surface area (Å²) in [6.45, 7) is 0. The van der Waals surface area contributed by atoms with Crippen LogP contribution in [0.15, 0.2) is 0 Å². The Morgan fingerprint density at radius 3 is 0.579 bits per heavy atom. The van der Waals surface area contributed by atoms with Crippen molar-refractivity contribution in [2.45, 2.75) is 0 Å². The first-order valence-corrected chi connectivity index (χ1v) is 8.00. The van der Waals surface area contributed by atoms with E-state index in [2.05, 4.69) is 7.26 Å². The van der Waals surface area contributed by atoms with Crippen molar-refractivity contribution in [3.8, 4) is 0 Å². The molecule has 0 aromatic heterocycles. The average Bonchev–Trinajstić information content (AvgIpc) is 1.64. The van der Waals surface area contributed by atoms with Crippen LogP contribution in [0.3, 0.4) is 0 Å². The summed E-state index contributed by atoms with van der Waals surface area (Å²) in [4.78, 5) is 0. The summed E-state index contributed by atoms with van der Waals surface area (Å²) < 4.78 is 116. The minimum Gasteiger partial charge on any atom is -0.725 e. The van der Waals surface area contributed by atoms with Gasteiger partial charge in [0.2, 0.25) is 41.6 Å². The molecule has 0 rings (SSSR count). The van der Waals surface area contributed by atoms with Crippen LogP contribution in [0.4, 0.5) is 0 Å². The van der Waals surface area contributed by atoms with E-state index in [1.807, 2.05) is 0 Å². The predicted molar refractivity (Wildman–Crippen MR) is 41.0 cm³/mol. The number of rotatable bonds is 4. The van der Waals surface area contributed by atoms with E-state index in [1.54, 1.807) is 0 Å². The van der Waals surface area contributed by atoms with Crippen LogP contribution < -0.4 is 0 Å². The van der Waals surface area contributed by atoms with E-state index < -0.39 is 41.6 Å². The Kier molecular flexibility index (Phi) is 10.9. The zero-order valence-electron chi connectivity index (χ0n) is 7.85. The van der Waals surface area contributed by atoms with Gasteiger partial charge in [-0.3, -0.25) is 0 Å². The maximum absolute atomic E-state index is 9.29. The molecule has 0 N–H and O–H groups in total. The first-order chi connectivity index (χ1) is 7.41. The van der Waals surface area contributed by atoms with Gasteiger partial charge in [0.25, 0.3) is 0 Å². The SMILES string of the molecule is O=S(=O)([O-])OS(=O)(=O)[O-].O=S(=O)([O-])OS(=O)(=O)[O-].[Th+4]. The van der Waals surface area contributed by atoms with Crippen LogP contribution in [0.1, 0.15) is 0 Å². The Morgan fingerprint density at radius 1 is 0.474 bits per heavy atom. The topological polar surface area (TPSA) is 247 Å². The van der Waals surface area contributed by atoms with E-state index in [4.69, 9.17) is 0 Å². The predicted octanol–water partition coefficient (Wildman–Crippen LogP) is -4.15. The first kappa shape index (κ1) is 24.9. The van der Waals surface area contributed by atoms with Gasteiger partial charge in [-0.25, -0.2) is 33.7 Å². The molecular formula is O14S4Th. The molecule has 0 aliphatic heterocycles. The third kappa shape index (κ3) is 32.4. The van der Waals surface area contributed by atoms with Gasteiger partial charge in [-0.1, -0.05) is 0 Å². The van der Waals surface area contributed by atoms with Crippen LogP contribution in [-0.2, 0) is 48.9 Å². The van der Waals surface area contributed by atoms with Crippen molar-refractivity contribution in [2.24, 2.45) is 0 Å². The fourth-order valence-electron chi connectivity index (χ4n) is 0.204. The zero-order chi connectivity index (χ0) is 15.4. The van der Waals surface area contributed by atoms with E-state index in [-0.39, 0.29) is 39.9 Å². The Balaban J connectivity index is -0.000000256. The Labute approximate surface area is 139 Å². The van der Waals surface area contributed by atoms with E-state index >= 15 is 0 Å². The Hall–Kier alpha value is 0.885. The van der Waals surface area contributed by atoms with Gasteiger partial charge >= 0.3 is 39.9 Å². The summed E-state index contributed by atoms with van der Waals surface area (Å²) in [5, 5.41) is 0. The molecular weight excluding hydrogens is 584 g/mol. The van der Waals surface area contributed by atoms with Crippen LogP contribution in [0.5, 0.6) is 0 Å². The monoisotopic (exact) mass is 584 g/mol. The number of hydrogen-bond donors (Lipinski definition) is 0. The van der Waals surface area contributed by atoms with E-state index in [0.29, 0.717) is 0 Å². The van der Waals surface area contributed by atoms with Gasteiger partial charge in [-0.05, 0) is 0 Å². The zero-order valence-corrected chi connectivity index (χ0v) is 15.2. The van der Waals surface area contributed by atoms with Crippen molar-refractivity contribution in [2.75, 3.05) is 0 Å². The molecule has 14 nitrogen and oxygen atoms in total. The molecule has 0 atom stereocenters. The van der Waals surface area contributed by atoms with Gasteiger partial charge in [-0.15, -0.1) is 0 Å². The van der Waals surface area contributed by atoms with Crippen LogP contribution in [-0.4, -0.2) is 51.9 Å². The van der Waals surface area contributed by atoms with Crippen molar-refractivity contribution in [1.82, 2.24) is 0 Å². The smallest absolute Gasteiger partial charge is 0.725 e. The quantitative estimate of drug-likeness (QED) is 0.225. The molecule has 0 spiro atoms. The Morgan fingerprint density at radius 2 is 0.579 bits per heavy atom.